The van der Waals surface area contributed by atoms with Gasteiger partial charge in [0.05, 0.1) is 19.4 Å². The van der Waals surface area contributed by atoms with Crippen LogP contribution in [0, 0.1) is 0 Å². The highest BCUT2D eigenvalue weighted by atomic mass is 32.2. The molecular weight excluding hydrogens is 276 g/mol. The summed E-state index contributed by atoms with van der Waals surface area (Å²) in [5.41, 5.74) is -0.834. The summed E-state index contributed by atoms with van der Waals surface area (Å²) in [6.07, 6.45) is 0. The molecule has 0 aliphatic rings. The predicted molar refractivity (Wildman–Crippen MR) is 68.9 cm³/mol. The number of ether oxygens (including phenoxy) is 1. The first-order chi connectivity index (χ1) is 8.85. The van der Waals surface area contributed by atoms with E-state index in [1.807, 2.05) is 0 Å². The summed E-state index contributed by atoms with van der Waals surface area (Å²) in [7, 11) is 1.32. The number of rotatable bonds is 7. The third-order valence-corrected chi connectivity index (χ3v) is 3.17. The van der Waals surface area contributed by atoms with Gasteiger partial charge in [-0.3, -0.25) is 10.1 Å². The number of carbonyl (C=O) groups excluding carboxylic acids is 1. The molecule has 0 amide bonds. The quantitative estimate of drug-likeness (QED) is 0.783. The van der Waals surface area contributed by atoms with E-state index in [1.165, 1.54) is 7.11 Å². The Balaban J connectivity index is 2.48. The van der Waals surface area contributed by atoms with Gasteiger partial charge in [-0.2, -0.15) is 8.78 Å². The van der Waals surface area contributed by atoms with Gasteiger partial charge in [0.2, 0.25) is 0 Å². The molecule has 1 N–H and O–H groups in total. The summed E-state index contributed by atoms with van der Waals surface area (Å²) >= 11 is 0.508. The van der Waals surface area contributed by atoms with Crippen LogP contribution in [-0.4, -0.2) is 24.4 Å². The minimum Gasteiger partial charge on any atom is -0.468 e. The van der Waals surface area contributed by atoms with Gasteiger partial charge in [0.15, 0.2) is 0 Å². The molecule has 1 rings (SSSR count). The molecule has 108 valence electrons. The van der Waals surface area contributed by atoms with Crippen LogP contribution in [0.5, 0.6) is 0 Å². The minimum absolute atomic E-state index is 0.123. The van der Waals surface area contributed by atoms with Crippen molar-refractivity contribution in [2.24, 2.45) is 0 Å². The first kappa shape index (κ1) is 16.0. The Labute approximate surface area is 114 Å². The predicted octanol–water partition coefficient (Wildman–Crippen LogP) is 2.78. The molecule has 1 aromatic rings. The van der Waals surface area contributed by atoms with Crippen molar-refractivity contribution in [2.45, 2.75) is 37.4 Å². The average molecular weight is 293 g/mol. The fourth-order valence-electron chi connectivity index (χ4n) is 1.38. The zero-order chi connectivity index (χ0) is 14.5. The Hall–Kier alpha value is -1.08. The zero-order valence-electron chi connectivity index (χ0n) is 11.0. The summed E-state index contributed by atoms with van der Waals surface area (Å²) in [6.45, 7) is 3.70. The Morgan fingerprint density at radius 3 is 2.68 bits per heavy atom. The average Bonchev–Trinajstić information content (AvgIpc) is 2.81. The smallest absolute Gasteiger partial charge is 0.325 e. The Morgan fingerprint density at radius 1 is 1.47 bits per heavy atom. The second-order valence-corrected chi connectivity index (χ2v) is 5.39. The number of halogens is 2. The second-order valence-electron chi connectivity index (χ2n) is 4.41. The van der Waals surface area contributed by atoms with Gasteiger partial charge >= 0.3 is 5.97 Å². The van der Waals surface area contributed by atoms with E-state index >= 15 is 0 Å². The van der Waals surface area contributed by atoms with Crippen molar-refractivity contribution in [1.29, 1.82) is 0 Å². The number of thioether (sulfide) groups is 1. The molecule has 0 spiro atoms. The zero-order valence-corrected chi connectivity index (χ0v) is 11.9. The molecule has 0 saturated carbocycles. The Bertz CT molecular complexity index is 421. The van der Waals surface area contributed by atoms with E-state index in [1.54, 1.807) is 26.0 Å². The largest absolute Gasteiger partial charge is 0.468 e. The van der Waals surface area contributed by atoms with Crippen molar-refractivity contribution in [2.75, 3.05) is 7.11 Å². The first-order valence-electron chi connectivity index (χ1n) is 5.66. The molecule has 0 aliphatic carbocycles. The standard InChI is InChI=1S/C12H17F2NO3S/c1-12(2,10(16)17-3)15-6-8-4-5-9(18-8)7-19-11(13)14/h4-5,11,15H,6-7H2,1-3H3. The third-order valence-electron chi connectivity index (χ3n) is 2.47. The highest BCUT2D eigenvalue weighted by Gasteiger charge is 2.28. The van der Waals surface area contributed by atoms with Crippen molar-refractivity contribution in [3.63, 3.8) is 0 Å². The highest BCUT2D eigenvalue weighted by molar-refractivity contribution is 7.98. The summed E-state index contributed by atoms with van der Waals surface area (Å²) in [5, 5.41) is 2.98. The van der Waals surface area contributed by atoms with Gasteiger partial charge in [0.25, 0.3) is 5.76 Å². The molecule has 0 aromatic carbocycles. The minimum atomic E-state index is -2.41. The maximum atomic E-state index is 12.0. The molecule has 0 fully saturated rings. The van der Waals surface area contributed by atoms with Crippen molar-refractivity contribution >= 4 is 17.7 Å². The molecule has 0 aliphatic heterocycles. The Morgan fingerprint density at radius 2 is 2.11 bits per heavy atom. The van der Waals surface area contributed by atoms with E-state index in [0.29, 0.717) is 29.8 Å². The number of nitrogens with one attached hydrogen (secondary N) is 1. The van der Waals surface area contributed by atoms with Crippen molar-refractivity contribution < 1.29 is 22.7 Å². The summed E-state index contributed by atoms with van der Waals surface area (Å²) in [6, 6.07) is 3.35. The van der Waals surface area contributed by atoms with Crippen LogP contribution in [0.2, 0.25) is 0 Å². The molecular formula is C12H17F2NO3S. The van der Waals surface area contributed by atoms with Crippen LogP contribution in [-0.2, 0) is 21.8 Å². The van der Waals surface area contributed by atoms with Crippen LogP contribution in [0.4, 0.5) is 8.78 Å². The summed E-state index contributed by atoms with van der Waals surface area (Å²) < 4.78 is 34.1. The molecule has 19 heavy (non-hydrogen) atoms. The molecule has 0 atom stereocenters. The van der Waals surface area contributed by atoms with Crippen LogP contribution in [0.1, 0.15) is 25.4 Å². The number of methoxy groups -OCH3 is 1. The topological polar surface area (TPSA) is 51.5 Å². The molecule has 0 radical (unpaired) electrons. The van der Waals surface area contributed by atoms with Crippen molar-refractivity contribution in [1.82, 2.24) is 5.32 Å². The lowest BCUT2D eigenvalue weighted by molar-refractivity contribution is -0.147. The molecule has 0 saturated heterocycles. The van der Waals surface area contributed by atoms with Gasteiger partial charge in [-0.05, 0) is 26.0 Å². The number of furan rings is 1. The molecule has 7 heteroatoms. The number of carbonyl (C=O) groups is 1. The van der Waals surface area contributed by atoms with Crippen molar-refractivity contribution in [3.8, 4) is 0 Å². The van der Waals surface area contributed by atoms with Crippen LogP contribution in [0.15, 0.2) is 16.5 Å². The van der Waals surface area contributed by atoms with E-state index in [2.05, 4.69) is 10.1 Å². The van der Waals surface area contributed by atoms with Crippen LogP contribution in [0.25, 0.3) is 0 Å². The van der Waals surface area contributed by atoms with Crippen molar-refractivity contribution in [3.05, 3.63) is 23.7 Å². The van der Waals surface area contributed by atoms with E-state index in [-0.39, 0.29) is 11.7 Å². The molecule has 1 aromatic heterocycles. The maximum absolute atomic E-state index is 12.0. The molecule has 0 bridgehead atoms. The lowest BCUT2D eigenvalue weighted by Gasteiger charge is -2.22. The van der Waals surface area contributed by atoms with Gasteiger partial charge in [0.1, 0.15) is 17.1 Å². The first-order valence-corrected chi connectivity index (χ1v) is 6.71. The number of hydrogen-bond acceptors (Lipinski definition) is 5. The molecule has 4 nitrogen and oxygen atoms in total. The number of hydrogen-bond donors (Lipinski definition) is 1. The molecule has 0 unspecified atom stereocenters. The fourth-order valence-corrected chi connectivity index (χ4v) is 1.82. The highest BCUT2D eigenvalue weighted by Crippen LogP contribution is 2.21. The summed E-state index contributed by atoms with van der Waals surface area (Å²) in [4.78, 5) is 11.4. The van der Waals surface area contributed by atoms with Crippen LogP contribution >= 0.6 is 11.8 Å². The van der Waals surface area contributed by atoms with Gasteiger partial charge in [-0.25, -0.2) is 0 Å². The lowest BCUT2D eigenvalue weighted by Crippen LogP contribution is -2.46. The van der Waals surface area contributed by atoms with Crippen LogP contribution < -0.4 is 5.32 Å². The Kier molecular flexibility index (Phi) is 5.81. The summed E-state index contributed by atoms with van der Waals surface area (Å²) in [5.74, 6) is -1.60. The maximum Gasteiger partial charge on any atom is 0.325 e. The number of alkyl halides is 2. The van der Waals surface area contributed by atoms with Gasteiger partial charge in [-0.1, -0.05) is 11.8 Å². The van der Waals surface area contributed by atoms with Gasteiger partial charge in [-0.15, -0.1) is 0 Å². The van der Waals surface area contributed by atoms with E-state index in [9.17, 15) is 13.6 Å². The SMILES string of the molecule is COC(=O)C(C)(C)NCc1ccc(CSC(F)F)o1. The van der Waals surface area contributed by atoms with E-state index in [4.69, 9.17) is 4.42 Å². The fraction of sp³-hybridized carbons (Fsp3) is 0.583. The van der Waals surface area contributed by atoms with Crippen LogP contribution in [0.3, 0.4) is 0 Å². The third kappa shape index (κ3) is 5.20. The normalized spacial score (nSPS) is 11.9. The molecule has 1 heterocycles. The monoisotopic (exact) mass is 293 g/mol. The number of esters is 1. The van der Waals surface area contributed by atoms with Gasteiger partial charge in [0, 0.05) is 0 Å². The van der Waals surface area contributed by atoms with E-state index < -0.39 is 11.3 Å². The van der Waals surface area contributed by atoms with E-state index in [0.717, 1.165) is 0 Å². The second kappa shape index (κ2) is 6.91. The van der Waals surface area contributed by atoms with Gasteiger partial charge < -0.3 is 9.15 Å². The lowest BCUT2D eigenvalue weighted by atomic mass is 10.1.